The van der Waals surface area contributed by atoms with E-state index < -0.39 is 40.0 Å². The van der Waals surface area contributed by atoms with Crippen molar-refractivity contribution in [1.29, 1.82) is 5.26 Å². The average Bonchev–Trinajstić information content (AvgIpc) is 3.57. The number of aromatic nitrogens is 1. The van der Waals surface area contributed by atoms with Gasteiger partial charge < -0.3 is 5.32 Å². The summed E-state index contributed by atoms with van der Waals surface area (Å²) < 4.78 is 55.0. The van der Waals surface area contributed by atoms with E-state index in [1.54, 1.807) is 0 Å². The molecule has 1 saturated heterocycles. The van der Waals surface area contributed by atoms with Gasteiger partial charge in [0.2, 0.25) is 15.9 Å². The van der Waals surface area contributed by atoms with Crippen molar-refractivity contribution in [2.45, 2.75) is 61.8 Å². The number of benzene rings is 1. The van der Waals surface area contributed by atoms with Crippen molar-refractivity contribution in [2.75, 3.05) is 0 Å². The highest BCUT2D eigenvalue weighted by Crippen LogP contribution is 2.41. The first-order valence-electron chi connectivity index (χ1n) is 10.4. The molecule has 3 unspecified atom stereocenters. The van der Waals surface area contributed by atoms with Crippen molar-refractivity contribution in [1.82, 2.24) is 14.6 Å². The summed E-state index contributed by atoms with van der Waals surface area (Å²) in [6, 6.07) is 5.35. The molecule has 2 heterocycles. The van der Waals surface area contributed by atoms with Crippen molar-refractivity contribution in [3.05, 3.63) is 58.1 Å². The van der Waals surface area contributed by atoms with E-state index in [0.29, 0.717) is 16.8 Å². The molecule has 1 amide bonds. The van der Waals surface area contributed by atoms with Crippen LogP contribution < -0.4 is 5.32 Å². The number of nitrogens with one attached hydrogen (secondary N) is 1. The van der Waals surface area contributed by atoms with E-state index in [0.717, 1.165) is 41.4 Å². The first-order chi connectivity index (χ1) is 15.6. The topological polar surface area (TPSA) is 103 Å². The number of alkyl halides is 1. The Balaban J connectivity index is 1.58. The number of amides is 1. The maximum Gasteiger partial charge on any atom is 0.244 e. The molecule has 1 saturated carbocycles. The largest absolute Gasteiger partial charge is 0.351 e. The minimum Gasteiger partial charge on any atom is -0.351 e. The summed E-state index contributed by atoms with van der Waals surface area (Å²) in [5.41, 5.74) is 1.39. The van der Waals surface area contributed by atoms with Gasteiger partial charge in [0.15, 0.2) is 0 Å². The van der Waals surface area contributed by atoms with Crippen molar-refractivity contribution < 1.29 is 22.0 Å². The second-order valence-corrected chi connectivity index (χ2v) is 10.5. The van der Waals surface area contributed by atoms with Crippen LogP contribution in [0.15, 0.2) is 35.2 Å². The quantitative estimate of drug-likeness (QED) is 0.620. The van der Waals surface area contributed by atoms with E-state index >= 15 is 0 Å². The predicted octanol–water partition coefficient (Wildman–Crippen LogP) is 3.43. The number of rotatable bonds is 6. The van der Waals surface area contributed by atoms with Crippen LogP contribution in [-0.2, 0) is 21.4 Å². The summed E-state index contributed by atoms with van der Waals surface area (Å²) in [5, 5.41) is 12.4. The van der Waals surface area contributed by atoms with E-state index in [2.05, 4.69) is 16.4 Å². The standard InChI is InChI=1S/C22H21ClF2N4O3S/c1-12-18(25)9-19(29(12)33(31,32)16-6-4-15(24)5-7-16)22(30)27-11-14-8-20(23)28-21(13-2-3-13)17(14)10-26/h4-8,12-13,18-19H,2-3,9,11H2,1H3,(H,27,30). The lowest BCUT2D eigenvalue weighted by Crippen LogP contribution is -2.48. The van der Waals surface area contributed by atoms with Gasteiger partial charge in [0.25, 0.3) is 0 Å². The van der Waals surface area contributed by atoms with Crippen LogP contribution in [0.4, 0.5) is 8.78 Å². The Labute approximate surface area is 195 Å². The number of carbonyl (C=O) groups is 1. The Hall–Kier alpha value is -2.61. The van der Waals surface area contributed by atoms with Crippen LogP contribution in [0.1, 0.15) is 48.9 Å². The molecular weight excluding hydrogens is 474 g/mol. The van der Waals surface area contributed by atoms with Crippen LogP contribution in [0, 0.1) is 17.1 Å². The number of carbonyl (C=O) groups excluding carboxylic acids is 1. The molecular formula is C22H21ClF2N4O3S. The first kappa shape index (κ1) is 23.5. The fourth-order valence-corrected chi connectivity index (χ4v) is 6.13. The monoisotopic (exact) mass is 494 g/mol. The highest BCUT2D eigenvalue weighted by molar-refractivity contribution is 7.89. The van der Waals surface area contributed by atoms with E-state index in [4.69, 9.17) is 11.6 Å². The number of hydrogen-bond donors (Lipinski definition) is 1. The highest BCUT2D eigenvalue weighted by atomic mass is 35.5. The fraction of sp³-hybridized carbons (Fsp3) is 0.409. The predicted molar refractivity (Wildman–Crippen MR) is 116 cm³/mol. The molecule has 0 spiro atoms. The van der Waals surface area contributed by atoms with Crippen molar-refractivity contribution in [3.63, 3.8) is 0 Å². The third-order valence-corrected chi connectivity index (χ3v) is 8.20. The molecule has 4 rings (SSSR count). The molecule has 11 heteroatoms. The van der Waals surface area contributed by atoms with Crippen molar-refractivity contribution >= 4 is 27.5 Å². The molecule has 3 atom stereocenters. The molecule has 33 heavy (non-hydrogen) atoms. The van der Waals surface area contributed by atoms with Crippen LogP contribution in [0.3, 0.4) is 0 Å². The third kappa shape index (κ3) is 4.58. The lowest BCUT2D eigenvalue weighted by Gasteiger charge is -2.27. The Bertz CT molecular complexity index is 1230. The lowest BCUT2D eigenvalue weighted by atomic mass is 10.0. The van der Waals surface area contributed by atoms with E-state index in [-0.39, 0.29) is 28.9 Å². The molecule has 2 fully saturated rings. The van der Waals surface area contributed by atoms with Crippen LogP contribution in [0.2, 0.25) is 5.15 Å². The first-order valence-corrected chi connectivity index (χ1v) is 12.3. The van der Waals surface area contributed by atoms with E-state index in [1.165, 1.54) is 13.0 Å². The van der Waals surface area contributed by atoms with Gasteiger partial charge in [0, 0.05) is 18.9 Å². The number of pyridine rings is 1. The molecule has 174 valence electrons. The van der Waals surface area contributed by atoms with Gasteiger partial charge in [-0.15, -0.1) is 0 Å². The molecule has 1 aromatic heterocycles. The van der Waals surface area contributed by atoms with Gasteiger partial charge in [-0.25, -0.2) is 22.2 Å². The van der Waals surface area contributed by atoms with Crippen LogP contribution >= 0.6 is 11.6 Å². The van der Waals surface area contributed by atoms with Gasteiger partial charge in [-0.2, -0.15) is 9.57 Å². The Morgan fingerprint density at radius 3 is 2.61 bits per heavy atom. The molecule has 1 N–H and O–H groups in total. The van der Waals surface area contributed by atoms with Gasteiger partial charge >= 0.3 is 0 Å². The maximum atomic E-state index is 14.6. The van der Waals surface area contributed by atoms with Gasteiger partial charge in [0.05, 0.1) is 22.2 Å². The molecule has 2 aromatic rings. The zero-order valence-corrected chi connectivity index (χ0v) is 19.2. The van der Waals surface area contributed by atoms with Crippen molar-refractivity contribution in [3.8, 4) is 6.07 Å². The Morgan fingerprint density at radius 1 is 1.33 bits per heavy atom. The van der Waals surface area contributed by atoms with E-state index in [1.807, 2.05) is 0 Å². The number of nitriles is 1. The summed E-state index contributed by atoms with van der Waals surface area (Å²) in [6.07, 6.45) is -0.0605. The van der Waals surface area contributed by atoms with Crippen LogP contribution in [0.5, 0.6) is 0 Å². The molecule has 1 aromatic carbocycles. The fourth-order valence-electron chi connectivity index (χ4n) is 4.10. The number of halogens is 3. The second kappa shape index (κ2) is 8.97. The number of nitrogens with zero attached hydrogens (tertiary/aromatic N) is 3. The van der Waals surface area contributed by atoms with Gasteiger partial charge in [-0.3, -0.25) is 4.79 Å². The second-order valence-electron chi connectivity index (χ2n) is 8.27. The minimum absolute atomic E-state index is 0.0873. The normalized spacial score (nSPS) is 23.3. The molecule has 2 aliphatic rings. The summed E-state index contributed by atoms with van der Waals surface area (Å²) in [4.78, 5) is 17.0. The maximum absolute atomic E-state index is 14.6. The lowest BCUT2D eigenvalue weighted by molar-refractivity contribution is -0.124. The molecule has 0 bridgehead atoms. The van der Waals surface area contributed by atoms with Crippen LogP contribution in [0.25, 0.3) is 0 Å². The van der Waals surface area contributed by atoms with Gasteiger partial charge in [-0.05, 0) is 55.7 Å². The summed E-state index contributed by atoms with van der Waals surface area (Å²) in [7, 11) is -4.26. The summed E-state index contributed by atoms with van der Waals surface area (Å²) in [5.74, 6) is -1.15. The molecule has 1 aliphatic carbocycles. The zero-order chi connectivity index (χ0) is 23.9. The van der Waals surface area contributed by atoms with Crippen LogP contribution in [-0.4, -0.2) is 41.9 Å². The SMILES string of the molecule is CC1C(F)CC(C(=O)NCc2cc(Cl)nc(C3CC3)c2C#N)N1S(=O)(=O)c1ccc(F)cc1. The average molecular weight is 495 g/mol. The van der Waals surface area contributed by atoms with Gasteiger partial charge in [-0.1, -0.05) is 11.6 Å². The smallest absolute Gasteiger partial charge is 0.244 e. The Morgan fingerprint density at radius 2 is 2.00 bits per heavy atom. The Kier molecular flexibility index (Phi) is 6.40. The summed E-state index contributed by atoms with van der Waals surface area (Å²) in [6.45, 7) is 1.30. The molecule has 0 radical (unpaired) electrons. The number of sulfonamides is 1. The van der Waals surface area contributed by atoms with Crippen molar-refractivity contribution in [2.24, 2.45) is 0 Å². The number of hydrogen-bond acceptors (Lipinski definition) is 5. The molecule has 7 nitrogen and oxygen atoms in total. The minimum atomic E-state index is -4.26. The van der Waals surface area contributed by atoms with E-state index in [9.17, 15) is 27.3 Å². The molecule has 1 aliphatic heterocycles. The summed E-state index contributed by atoms with van der Waals surface area (Å²) >= 11 is 6.10. The van der Waals surface area contributed by atoms with Gasteiger partial charge in [0.1, 0.15) is 29.3 Å². The third-order valence-electron chi connectivity index (χ3n) is 6.00. The zero-order valence-electron chi connectivity index (χ0n) is 17.6. The highest BCUT2D eigenvalue weighted by Gasteiger charge is 2.49.